The SMILES string of the molecule is CCCCC(=O)O[C@H]1CC[C@H]2[C@@H]3CCc4cc(O)ccc4[C@H]3CCC12C. The topological polar surface area (TPSA) is 46.5 Å². The maximum atomic E-state index is 12.2. The Labute approximate surface area is 157 Å². The Hall–Kier alpha value is -1.51. The van der Waals surface area contributed by atoms with Crippen molar-refractivity contribution in [2.24, 2.45) is 17.3 Å². The van der Waals surface area contributed by atoms with E-state index >= 15 is 0 Å². The number of aromatic hydroxyl groups is 1. The maximum Gasteiger partial charge on any atom is 0.306 e. The molecule has 1 N–H and O–H groups in total. The Morgan fingerprint density at radius 1 is 1.27 bits per heavy atom. The molecule has 0 bridgehead atoms. The van der Waals surface area contributed by atoms with Crippen molar-refractivity contribution in [2.75, 3.05) is 0 Å². The van der Waals surface area contributed by atoms with Crippen LogP contribution in [0.15, 0.2) is 18.2 Å². The van der Waals surface area contributed by atoms with E-state index in [4.69, 9.17) is 4.74 Å². The molecular formula is C23H32O3. The van der Waals surface area contributed by atoms with Gasteiger partial charge in [0.15, 0.2) is 0 Å². The molecule has 1 aromatic rings. The van der Waals surface area contributed by atoms with Crippen molar-refractivity contribution in [1.82, 2.24) is 0 Å². The van der Waals surface area contributed by atoms with Gasteiger partial charge in [-0.3, -0.25) is 4.79 Å². The molecule has 0 amide bonds. The molecule has 0 aromatic heterocycles. The van der Waals surface area contributed by atoms with Gasteiger partial charge in [-0.15, -0.1) is 0 Å². The maximum absolute atomic E-state index is 12.2. The molecule has 0 aliphatic heterocycles. The Bertz CT molecular complexity index is 682. The first-order valence-electron chi connectivity index (χ1n) is 10.5. The molecule has 4 rings (SSSR count). The van der Waals surface area contributed by atoms with Crippen LogP contribution >= 0.6 is 0 Å². The molecule has 1 unspecified atom stereocenters. The lowest BCUT2D eigenvalue weighted by molar-refractivity contribution is -0.157. The number of unbranched alkanes of at least 4 members (excludes halogenated alkanes) is 1. The molecule has 0 heterocycles. The van der Waals surface area contributed by atoms with Crippen molar-refractivity contribution < 1.29 is 14.6 Å². The fourth-order valence-corrected chi connectivity index (χ4v) is 6.25. The summed E-state index contributed by atoms with van der Waals surface area (Å²) in [6, 6.07) is 5.97. The largest absolute Gasteiger partial charge is 0.508 e. The van der Waals surface area contributed by atoms with E-state index in [0.29, 0.717) is 29.9 Å². The van der Waals surface area contributed by atoms with E-state index in [0.717, 1.165) is 32.1 Å². The van der Waals surface area contributed by atoms with E-state index in [1.165, 1.54) is 30.4 Å². The molecule has 3 aliphatic rings. The van der Waals surface area contributed by atoms with Crippen molar-refractivity contribution in [3.05, 3.63) is 29.3 Å². The predicted octanol–water partition coefficient (Wildman–Crippen LogP) is 5.35. The first-order chi connectivity index (χ1) is 12.5. The number of hydrogen-bond acceptors (Lipinski definition) is 3. The van der Waals surface area contributed by atoms with Gasteiger partial charge in [0.05, 0.1) is 0 Å². The minimum atomic E-state index is 0.00492. The number of ether oxygens (including phenoxy) is 1. The van der Waals surface area contributed by atoms with Crippen LogP contribution in [-0.4, -0.2) is 17.2 Å². The second-order valence-corrected chi connectivity index (χ2v) is 9.00. The Morgan fingerprint density at radius 2 is 2.12 bits per heavy atom. The lowest BCUT2D eigenvalue weighted by Crippen LogP contribution is -2.45. The van der Waals surface area contributed by atoms with Gasteiger partial charge in [-0.25, -0.2) is 0 Å². The number of phenolic OH excluding ortho intramolecular Hbond substituents is 1. The standard InChI is InChI=1S/C23H32O3/c1-3-4-5-22(25)26-21-11-10-20-19-8-6-15-14-16(24)7-9-17(15)18(19)12-13-23(20,21)2/h7,9,14,18-21,24H,3-6,8,10-13H2,1-2H3/t18-,19-,20+,21+,23?/m1/s1. The van der Waals surface area contributed by atoms with Crippen molar-refractivity contribution in [1.29, 1.82) is 0 Å². The van der Waals surface area contributed by atoms with Crippen LogP contribution in [-0.2, 0) is 16.0 Å². The summed E-state index contributed by atoms with van der Waals surface area (Å²) < 4.78 is 5.98. The minimum Gasteiger partial charge on any atom is -0.508 e. The number of benzene rings is 1. The zero-order chi connectivity index (χ0) is 18.3. The number of aryl methyl sites for hydroxylation is 1. The van der Waals surface area contributed by atoms with Crippen LogP contribution in [0.2, 0.25) is 0 Å². The highest BCUT2D eigenvalue weighted by atomic mass is 16.5. The zero-order valence-corrected chi connectivity index (χ0v) is 16.2. The fraction of sp³-hybridized carbons (Fsp3) is 0.696. The summed E-state index contributed by atoms with van der Waals surface area (Å²) in [5, 5.41) is 9.81. The van der Waals surface area contributed by atoms with Gasteiger partial charge in [-0.2, -0.15) is 0 Å². The van der Waals surface area contributed by atoms with Crippen LogP contribution in [0.3, 0.4) is 0 Å². The normalized spacial score (nSPS) is 35.3. The highest BCUT2D eigenvalue weighted by Crippen LogP contribution is 2.61. The van der Waals surface area contributed by atoms with E-state index in [-0.39, 0.29) is 17.5 Å². The van der Waals surface area contributed by atoms with Gasteiger partial charge in [0, 0.05) is 11.8 Å². The van der Waals surface area contributed by atoms with Gasteiger partial charge < -0.3 is 9.84 Å². The highest BCUT2D eigenvalue weighted by Gasteiger charge is 2.56. The van der Waals surface area contributed by atoms with Gasteiger partial charge in [-0.1, -0.05) is 26.3 Å². The van der Waals surface area contributed by atoms with E-state index in [2.05, 4.69) is 19.9 Å². The van der Waals surface area contributed by atoms with E-state index < -0.39 is 0 Å². The third-order valence-electron chi connectivity index (χ3n) is 7.63. The number of phenols is 1. The van der Waals surface area contributed by atoms with Crippen LogP contribution in [0.25, 0.3) is 0 Å². The predicted molar refractivity (Wildman–Crippen MR) is 102 cm³/mol. The molecule has 5 atom stereocenters. The van der Waals surface area contributed by atoms with Crippen LogP contribution in [0.5, 0.6) is 5.75 Å². The Balaban J connectivity index is 1.51. The number of hydrogen-bond donors (Lipinski definition) is 1. The number of carbonyl (C=O) groups is 1. The van der Waals surface area contributed by atoms with E-state index in [1.807, 2.05) is 12.1 Å². The average Bonchev–Trinajstić information content (AvgIpc) is 2.96. The molecular weight excluding hydrogens is 324 g/mol. The second kappa shape index (κ2) is 6.90. The molecule has 26 heavy (non-hydrogen) atoms. The molecule has 2 saturated carbocycles. The average molecular weight is 357 g/mol. The molecule has 142 valence electrons. The van der Waals surface area contributed by atoms with Crippen LogP contribution in [0.1, 0.15) is 82.3 Å². The first-order valence-corrected chi connectivity index (χ1v) is 10.5. The Morgan fingerprint density at radius 3 is 2.92 bits per heavy atom. The van der Waals surface area contributed by atoms with Gasteiger partial charge in [0.2, 0.25) is 0 Å². The monoisotopic (exact) mass is 356 g/mol. The number of rotatable bonds is 4. The summed E-state index contributed by atoms with van der Waals surface area (Å²) >= 11 is 0. The van der Waals surface area contributed by atoms with Crippen LogP contribution < -0.4 is 0 Å². The number of carbonyl (C=O) groups excluding carboxylic acids is 1. The molecule has 0 radical (unpaired) electrons. The van der Waals surface area contributed by atoms with Crippen LogP contribution in [0.4, 0.5) is 0 Å². The van der Waals surface area contributed by atoms with E-state index in [9.17, 15) is 9.90 Å². The zero-order valence-electron chi connectivity index (χ0n) is 16.2. The highest BCUT2D eigenvalue weighted by molar-refractivity contribution is 5.69. The Kier molecular flexibility index (Phi) is 4.75. The minimum absolute atomic E-state index is 0.00492. The smallest absolute Gasteiger partial charge is 0.306 e. The van der Waals surface area contributed by atoms with E-state index in [1.54, 1.807) is 0 Å². The van der Waals surface area contributed by atoms with Gasteiger partial charge in [0.1, 0.15) is 11.9 Å². The molecule has 0 saturated heterocycles. The summed E-state index contributed by atoms with van der Waals surface area (Å²) in [5.74, 6) is 2.37. The molecule has 0 spiro atoms. The van der Waals surface area contributed by atoms with Crippen molar-refractivity contribution >= 4 is 5.97 Å². The third-order valence-corrected chi connectivity index (χ3v) is 7.63. The van der Waals surface area contributed by atoms with Crippen molar-refractivity contribution in [3.8, 4) is 5.75 Å². The molecule has 3 nitrogen and oxygen atoms in total. The van der Waals surface area contributed by atoms with Gasteiger partial charge in [0.25, 0.3) is 0 Å². The summed E-state index contributed by atoms with van der Waals surface area (Å²) in [5.41, 5.74) is 2.96. The summed E-state index contributed by atoms with van der Waals surface area (Å²) in [7, 11) is 0. The van der Waals surface area contributed by atoms with Crippen LogP contribution in [0, 0.1) is 17.3 Å². The molecule has 2 fully saturated rings. The summed E-state index contributed by atoms with van der Waals surface area (Å²) in [4.78, 5) is 12.2. The fourth-order valence-electron chi connectivity index (χ4n) is 6.25. The van der Waals surface area contributed by atoms with Crippen molar-refractivity contribution in [3.63, 3.8) is 0 Å². The number of fused-ring (bicyclic) bond motifs is 5. The lowest BCUT2D eigenvalue weighted by atomic mass is 9.55. The lowest BCUT2D eigenvalue weighted by Gasteiger charge is -2.50. The summed E-state index contributed by atoms with van der Waals surface area (Å²) in [6.07, 6.45) is 9.47. The molecule has 3 heteroatoms. The van der Waals surface area contributed by atoms with Crippen molar-refractivity contribution in [2.45, 2.75) is 83.7 Å². The second-order valence-electron chi connectivity index (χ2n) is 9.00. The first kappa shape index (κ1) is 17.9. The molecule has 1 aromatic carbocycles. The van der Waals surface area contributed by atoms with Gasteiger partial charge in [-0.05, 0) is 86.0 Å². The third kappa shape index (κ3) is 2.93. The summed E-state index contributed by atoms with van der Waals surface area (Å²) in [6.45, 7) is 4.49. The quantitative estimate of drug-likeness (QED) is 0.740. The molecule has 3 aliphatic carbocycles. The van der Waals surface area contributed by atoms with Gasteiger partial charge >= 0.3 is 5.97 Å². The number of esters is 1.